The summed E-state index contributed by atoms with van der Waals surface area (Å²) in [6.45, 7) is 0. The first kappa shape index (κ1) is 14.9. The van der Waals surface area contributed by atoms with Gasteiger partial charge in [-0.25, -0.2) is 4.68 Å². The maximum atomic E-state index is 11.8. The van der Waals surface area contributed by atoms with Crippen molar-refractivity contribution in [3.8, 4) is 22.9 Å². The van der Waals surface area contributed by atoms with Gasteiger partial charge in [-0.2, -0.15) is 0 Å². The molecule has 3 aromatic carbocycles. The number of ether oxygens (including phenoxy) is 1. The molecule has 0 aliphatic heterocycles. The van der Waals surface area contributed by atoms with Gasteiger partial charge >= 0.3 is 0 Å². The fourth-order valence-electron chi connectivity index (χ4n) is 2.57. The highest BCUT2D eigenvalue weighted by Gasteiger charge is 2.11. The Morgan fingerprint density at radius 2 is 1.64 bits per heavy atom. The van der Waals surface area contributed by atoms with Crippen LogP contribution in [-0.4, -0.2) is 20.1 Å². The average molecular weight is 331 g/mol. The summed E-state index contributed by atoms with van der Waals surface area (Å²) in [5.41, 5.74) is 0.564. The van der Waals surface area contributed by atoms with Crippen molar-refractivity contribution in [1.29, 1.82) is 0 Å². The zero-order chi connectivity index (χ0) is 17.2. The summed E-state index contributed by atoms with van der Waals surface area (Å²) in [6.07, 6.45) is 0. The fourth-order valence-corrected chi connectivity index (χ4v) is 2.57. The molecule has 1 heterocycles. The summed E-state index contributed by atoms with van der Waals surface area (Å²) in [4.78, 5) is 11.8. The lowest BCUT2D eigenvalue weighted by Crippen LogP contribution is -2.15. The van der Waals surface area contributed by atoms with Gasteiger partial charge in [0.1, 0.15) is 22.9 Å². The smallest absolute Gasteiger partial charge is 0.299 e. The highest BCUT2D eigenvalue weighted by Crippen LogP contribution is 2.30. The van der Waals surface area contributed by atoms with E-state index in [0.717, 1.165) is 0 Å². The van der Waals surface area contributed by atoms with Crippen LogP contribution in [0.15, 0.2) is 77.6 Å². The Bertz CT molecular complexity index is 1110. The van der Waals surface area contributed by atoms with E-state index in [9.17, 15) is 9.90 Å². The second-order valence-corrected chi connectivity index (χ2v) is 5.39. The predicted molar refractivity (Wildman–Crippen MR) is 93.3 cm³/mol. The van der Waals surface area contributed by atoms with Crippen LogP contribution in [0, 0.1) is 0 Å². The molecule has 0 fully saturated rings. The minimum absolute atomic E-state index is 0.0310. The highest BCUT2D eigenvalue weighted by atomic mass is 16.5. The molecule has 0 atom stereocenters. The van der Waals surface area contributed by atoms with Crippen molar-refractivity contribution in [2.24, 2.45) is 0 Å². The molecule has 0 saturated heterocycles. The summed E-state index contributed by atoms with van der Waals surface area (Å²) in [5.74, 6) is 1.13. The maximum absolute atomic E-state index is 11.8. The third kappa shape index (κ3) is 2.81. The van der Waals surface area contributed by atoms with E-state index in [-0.39, 0.29) is 5.75 Å². The molecular weight excluding hydrogens is 318 g/mol. The number of hydrogen-bond acceptors (Lipinski definition) is 5. The van der Waals surface area contributed by atoms with Gasteiger partial charge in [0, 0.05) is 6.07 Å². The molecule has 0 aliphatic carbocycles. The topological polar surface area (TPSA) is 77.2 Å². The van der Waals surface area contributed by atoms with Crippen LogP contribution in [0.3, 0.4) is 0 Å². The molecular formula is C19H13N3O3. The molecule has 0 amide bonds. The van der Waals surface area contributed by atoms with Crippen LogP contribution in [0.4, 0.5) is 0 Å². The van der Waals surface area contributed by atoms with Crippen LogP contribution in [-0.2, 0) is 0 Å². The number of phenols is 1. The lowest BCUT2D eigenvalue weighted by molar-refractivity contribution is 0.451. The molecule has 25 heavy (non-hydrogen) atoms. The van der Waals surface area contributed by atoms with Gasteiger partial charge in [0.15, 0.2) is 0 Å². The van der Waals surface area contributed by atoms with E-state index in [1.165, 1.54) is 10.7 Å². The first-order chi connectivity index (χ1) is 12.2. The van der Waals surface area contributed by atoms with Crippen LogP contribution in [0.1, 0.15) is 0 Å². The Labute approximate surface area is 142 Å². The van der Waals surface area contributed by atoms with Gasteiger partial charge < -0.3 is 9.84 Å². The van der Waals surface area contributed by atoms with E-state index >= 15 is 0 Å². The quantitative estimate of drug-likeness (QED) is 0.623. The Balaban J connectivity index is 1.77. The summed E-state index contributed by atoms with van der Waals surface area (Å²) >= 11 is 0. The summed E-state index contributed by atoms with van der Waals surface area (Å²) in [5, 5.41) is 18.4. The number of hydrogen-bond donors (Lipinski definition) is 1. The highest BCUT2D eigenvalue weighted by molar-refractivity contribution is 5.79. The van der Waals surface area contributed by atoms with E-state index in [2.05, 4.69) is 10.3 Å². The fraction of sp³-hybridized carbons (Fsp3) is 0. The van der Waals surface area contributed by atoms with Gasteiger partial charge in [-0.3, -0.25) is 4.79 Å². The zero-order valence-electron chi connectivity index (χ0n) is 13.0. The number of rotatable bonds is 3. The van der Waals surface area contributed by atoms with Gasteiger partial charge in [-0.15, -0.1) is 0 Å². The first-order valence-corrected chi connectivity index (χ1v) is 7.63. The maximum Gasteiger partial charge on any atom is 0.299 e. The molecule has 4 rings (SSSR count). The van der Waals surface area contributed by atoms with E-state index in [1.54, 1.807) is 36.4 Å². The monoisotopic (exact) mass is 331 g/mol. The Kier molecular flexibility index (Phi) is 3.63. The van der Waals surface area contributed by atoms with Crippen LogP contribution in [0.25, 0.3) is 16.6 Å². The van der Waals surface area contributed by atoms with Crippen molar-refractivity contribution < 1.29 is 9.84 Å². The molecule has 1 N–H and O–H groups in total. The lowest BCUT2D eigenvalue weighted by atomic mass is 10.2. The third-order valence-electron chi connectivity index (χ3n) is 3.74. The first-order valence-electron chi connectivity index (χ1n) is 7.63. The SMILES string of the molecule is O=c1nnn(-c2ccc(Oc3ccccc3)cc2O)c2ccccc12. The largest absolute Gasteiger partial charge is 0.506 e. The number of nitrogens with zero attached hydrogens (tertiary/aromatic N) is 3. The normalized spacial score (nSPS) is 10.7. The van der Waals surface area contributed by atoms with E-state index < -0.39 is 5.56 Å². The number of fused-ring (bicyclic) bond motifs is 1. The second kappa shape index (κ2) is 6.09. The van der Waals surface area contributed by atoms with Gasteiger partial charge in [-0.1, -0.05) is 40.6 Å². The van der Waals surface area contributed by atoms with Crippen molar-refractivity contribution in [3.63, 3.8) is 0 Å². The third-order valence-corrected chi connectivity index (χ3v) is 3.74. The van der Waals surface area contributed by atoms with E-state index in [4.69, 9.17) is 4.74 Å². The van der Waals surface area contributed by atoms with E-state index in [1.807, 2.05) is 30.3 Å². The standard InChI is InChI=1S/C19H13N3O3/c23-18-12-14(25-13-6-2-1-3-7-13)10-11-17(18)22-16-9-5-4-8-15(16)19(24)20-21-22/h1-12,23H. The number of aromatic hydroxyl groups is 1. The molecule has 6 heteroatoms. The lowest BCUT2D eigenvalue weighted by Gasteiger charge is -2.11. The van der Waals surface area contributed by atoms with Crippen LogP contribution >= 0.6 is 0 Å². The van der Waals surface area contributed by atoms with Gasteiger partial charge in [0.2, 0.25) is 0 Å². The van der Waals surface area contributed by atoms with Crippen molar-refractivity contribution in [1.82, 2.24) is 15.0 Å². The summed E-state index contributed by atoms with van der Waals surface area (Å²) < 4.78 is 7.13. The molecule has 0 radical (unpaired) electrons. The van der Waals surface area contributed by atoms with Crippen molar-refractivity contribution in [2.75, 3.05) is 0 Å². The molecule has 6 nitrogen and oxygen atoms in total. The van der Waals surface area contributed by atoms with E-state index in [0.29, 0.717) is 28.1 Å². The van der Waals surface area contributed by atoms with Gasteiger partial charge in [0.05, 0.1) is 10.9 Å². The average Bonchev–Trinajstić information content (AvgIpc) is 2.64. The van der Waals surface area contributed by atoms with Gasteiger partial charge in [0.25, 0.3) is 5.56 Å². The Morgan fingerprint density at radius 3 is 2.44 bits per heavy atom. The van der Waals surface area contributed by atoms with Crippen LogP contribution in [0.5, 0.6) is 17.2 Å². The van der Waals surface area contributed by atoms with Crippen molar-refractivity contribution in [2.45, 2.75) is 0 Å². The number of aromatic nitrogens is 3. The molecule has 0 saturated carbocycles. The number of para-hydroxylation sites is 2. The second-order valence-electron chi connectivity index (χ2n) is 5.39. The summed E-state index contributed by atoms with van der Waals surface area (Å²) in [6, 6.07) is 21.1. The van der Waals surface area contributed by atoms with Crippen LogP contribution in [0.2, 0.25) is 0 Å². The molecule has 0 spiro atoms. The zero-order valence-corrected chi connectivity index (χ0v) is 13.0. The minimum Gasteiger partial charge on any atom is -0.506 e. The van der Waals surface area contributed by atoms with Crippen molar-refractivity contribution >= 4 is 10.9 Å². The number of benzene rings is 3. The Morgan fingerprint density at radius 1 is 0.880 bits per heavy atom. The molecule has 1 aromatic heterocycles. The predicted octanol–water partition coefficient (Wildman–Crippen LogP) is 3.28. The molecule has 122 valence electrons. The molecule has 0 aliphatic rings. The van der Waals surface area contributed by atoms with Gasteiger partial charge in [-0.05, 0) is 36.4 Å². The minimum atomic E-state index is -0.407. The Hall–Kier alpha value is -3.67. The molecule has 4 aromatic rings. The summed E-state index contributed by atoms with van der Waals surface area (Å²) in [7, 11) is 0. The van der Waals surface area contributed by atoms with Crippen molar-refractivity contribution in [3.05, 3.63) is 83.2 Å². The number of phenolic OH excluding ortho intramolecular Hbond substituents is 1. The van der Waals surface area contributed by atoms with Crippen LogP contribution < -0.4 is 10.3 Å². The molecule has 0 bridgehead atoms. The molecule has 0 unspecified atom stereocenters.